The van der Waals surface area contributed by atoms with E-state index in [9.17, 15) is 0 Å². The first kappa shape index (κ1) is 17.1. The fourth-order valence-electron chi connectivity index (χ4n) is 2.68. The lowest BCUT2D eigenvalue weighted by atomic mass is 10.1. The highest BCUT2D eigenvalue weighted by Crippen LogP contribution is 2.23. The van der Waals surface area contributed by atoms with Crippen molar-refractivity contribution in [2.45, 2.75) is 27.7 Å². The minimum absolute atomic E-state index is 0.715. The summed E-state index contributed by atoms with van der Waals surface area (Å²) in [6, 6.07) is 16.6. The number of anilines is 1. The third kappa shape index (κ3) is 3.85. The van der Waals surface area contributed by atoms with E-state index in [0.717, 1.165) is 30.2 Å². The van der Waals surface area contributed by atoms with Gasteiger partial charge in [-0.1, -0.05) is 59.7 Å². The molecule has 0 spiro atoms. The van der Waals surface area contributed by atoms with Crippen LogP contribution in [0, 0.1) is 13.8 Å². The van der Waals surface area contributed by atoms with Gasteiger partial charge < -0.3 is 4.90 Å². The zero-order valence-corrected chi connectivity index (χ0v) is 15.3. The average Bonchev–Trinajstić information content (AvgIpc) is 2.64. The smallest absolute Gasteiger partial charge is 0.229 e. The maximum absolute atomic E-state index is 4.74. The van der Waals surface area contributed by atoms with E-state index in [-0.39, 0.29) is 0 Å². The topological polar surface area (TPSA) is 41.9 Å². The monoisotopic (exact) mass is 332 g/mol. The van der Waals surface area contributed by atoms with Crippen molar-refractivity contribution in [1.82, 2.24) is 15.0 Å². The van der Waals surface area contributed by atoms with Gasteiger partial charge in [-0.15, -0.1) is 0 Å². The fourth-order valence-corrected chi connectivity index (χ4v) is 2.68. The lowest BCUT2D eigenvalue weighted by Gasteiger charge is -2.19. The van der Waals surface area contributed by atoms with Gasteiger partial charge in [0.05, 0.1) is 0 Å². The van der Waals surface area contributed by atoms with Gasteiger partial charge in [0, 0.05) is 24.2 Å². The third-order valence-corrected chi connectivity index (χ3v) is 4.29. The Balaban J connectivity index is 2.14. The van der Waals surface area contributed by atoms with Gasteiger partial charge in [-0.25, -0.2) is 4.98 Å². The Hall–Kier alpha value is -2.75. The first-order valence-electron chi connectivity index (χ1n) is 8.75. The maximum atomic E-state index is 4.74. The van der Waals surface area contributed by atoms with E-state index in [1.165, 1.54) is 11.1 Å². The predicted molar refractivity (Wildman–Crippen MR) is 104 cm³/mol. The number of nitrogens with zero attached hydrogens (tertiary/aromatic N) is 4. The molecule has 0 aliphatic heterocycles. The van der Waals surface area contributed by atoms with Gasteiger partial charge in [-0.3, -0.25) is 0 Å². The molecule has 0 fully saturated rings. The molecule has 1 aromatic heterocycles. The van der Waals surface area contributed by atoms with Gasteiger partial charge in [-0.2, -0.15) is 9.97 Å². The predicted octanol–water partition coefficient (Wildman–Crippen LogP) is 4.67. The highest BCUT2D eigenvalue weighted by molar-refractivity contribution is 5.63. The number of hydrogen-bond acceptors (Lipinski definition) is 4. The lowest BCUT2D eigenvalue weighted by molar-refractivity contribution is 0.815. The summed E-state index contributed by atoms with van der Waals surface area (Å²) < 4.78 is 0. The van der Waals surface area contributed by atoms with Crippen molar-refractivity contribution >= 4 is 5.95 Å². The summed E-state index contributed by atoms with van der Waals surface area (Å²) >= 11 is 0. The summed E-state index contributed by atoms with van der Waals surface area (Å²) in [7, 11) is 0. The van der Waals surface area contributed by atoms with E-state index in [0.29, 0.717) is 11.6 Å². The first-order valence-corrected chi connectivity index (χ1v) is 8.75. The number of aryl methyl sites for hydroxylation is 2. The van der Waals surface area contributed by atoms with Crippen LogP contribution in [0.3, 0.4) is 0 Å². The molecule has 0 bridgehead atoms. The van der Waals surface area contributed by atoms with Crippen molar-refractivity contribution < 1.29 is 0 Å². The molecular formula is C21H24N4. The lowest BCUT2D eigenvalue weighted by Crippen LogP contribution is -2.24. The molecule has 128 valence electrons. The molecule has 0 saturated carbocycles. The molecule has 0 aliphatic carbocycles. The van der Waals surface area contributed by atoms with Crippen LogP contribution in [0.15, 0.2) is 48.5 Å². The van der Waals surface area contributed by atoms with Crippen LogP contribution in [0.2, 0.25) is 0 Å². The summed E-state index contributed by atoms with van der Waals surface area (Å²) in [5.41, 5.74) is 4.46. The molecule has 25 heavy (non-hydrogen) atoms. The molecule has 2 aromatic carbocycles. The van der Waals surface area contributed by atoms with Crippen molar-refractivity contribution in [3.05, 3.63) is 59.7 Å². The molecule has 0 aliphatic rings. The van der Waals surface area contributed by atoms with Crippen molar-refractivity contribution in [3.8, 4) is 22.8 Å². The molecule has 1 heterocycles. The molecule has 4 nitrogen and oxygen atoms in total. The van der Waals surface area contributed by atoms with E-state index in [2.05, 4.69) is 81.1 Å². The number of aromatic nitrogens is 3. The Morgan fingerprint density at radius 1 is 0.640 bits per heavy atom. The highest BCUT2D eigenvalue weighted by atomic mass is 15.3. The number of benzene rings is 2. The molecule has 0 saturated heterocycles. The maximum Gasteiger partial charge on any atom is 0.229 e. The second kappa shape index (κ2) is 7.43. The largest absolute Gasteiger partial charge is 0.341 e. The SMILES string of the molecule is CCN(CC)c1nc(-c2ccc(C)cc2)nc(-c2ccc(C)cc2)n1. The van der Waals surface area contributed by atoms with Crippen molar-refractivity contribution in [1.29, 1.82) is 0 Å². The fraction of sp³-hybridized carbons (Fsp3) is 0.286. The third-order valence-electron chi connectivity index (χ3n) is 4.29. The van der Waals surface area contributed by atoms with Gasteiger partial charge in [0.1, 0.15) is 0 Å². The summed E-state index contributed by atoms with van der Waals surface area (Å²) in [6.45, 7) is 10.1. The Kier molecular flexibility index (Phi) is 5.08. The Morgan fingerprint density at radius 3 is 1.40 bits per heavy atom. The van der Waals surface area contributed by atoms with Gasteiger partial charge in [0.15, 0.2) is 11.6 Å². The number of rotatable bonds is 5. The molecule has 0 amide bonds. The Bertz CT molecular complexity index is 771. The number of hydrogen-bond donors (Lipinski definition) is 0. The Labute approximate surface area is 149 Å². The first-order chi connectivity index (χ1) is 12.1. The molecule has 3 aromatic rings. The molecule has 4 heteroatoms. The summed E-state index contributed by atoms with van der Waals surface area (Å²) in [4.78, 5) is 16.3. The van der Waals surface area contributed by atoms with E-state index < -0.39 is 0 Å². The molecular weight excluding hydrogens is 308 g/mol. The minimum atomic E-state index is 0.715. The van der Waals surface area contributed by atoms with Crippen molar-refractivity contribution in [2.75, 3.05) is 18.0 Å². The second-order valence-electron chi connectivity index (χ2n) is 6.19. The van der Waals surface area contributed by atoms with Crippen molar-refractivity contribution in [2.24, 2.45) is 0 Å². The van der Waals surface area contributed by atoms with Crippen LogP contribution in [0.5, 0.6) is 0 Å². The average molecular weight is 332 g/mol. The van der Waals surface area contributed by atoms with Gasteiger partial charge >= 0.3 is 0 Å². The van der Waals surface area contributed by atoms with E-state index in [1.54, 1.807) is 0 Å². The van der Waals surface area contributed by atoms with Crippen LogP contribution in [-0.4, -0.2) is 28.0 Å². The molecule has 0 N–H and O–H groups in total. The van der Waals surface area contributed by atoms with Crippen molar-refractivity contribution in [3.63, 3.8) is 0 Å². The summed E-state index contributed by atoms with van der Waals surface area (Å²) in [5.74, 6) is 2.16. The van der Waals surface area contributed by atoms with Gasteiger partial charge in [0.2, 0.25) is 5.95 Å². The molecule has 0 unspecified atom stereocenters. The molecule has 3 rings (SSSR count). The summed E-state index contributed by atoms with van der Waals surface area (Å²) in [5, 5.41) is 0. The Morgan fingerprint density at radius 2 is 1.04 bits per heavy atom. The zero-order valence-electron chi connectivity index (χ0n) is 15.3. The van der Waals surface area contributed by atoms with E-state index >= 15 is 0 Å². The quantitative estimate of drug-likeness (QED) is 0.681. The zero-order chi connectivity index (χ0) is 17.8. The second-order valence-corrected chi connectivity index (χ2v) is 6.19. The molecule has 0 radical (unpaired) electrons. The van der Waals surface area contributed by atoms with Crippen LogP contribution in [-0.2, 0) is 0 Å². The van der Waals surface area contributed by atoms with Gasteiger partial charge in [0.25, 0.3) is 0 Å². The van der Waals surface area contributed by atoms with Crippen LogP contribution in [0.25, 0.3) is 22.8 Å². The molecule has 0 atom stereocenters. The van der Waals surface area contributed by atoms with Crippen LogP contribution in [0.4, 0.5) is 5.95 Å². The standard InChI is InChI=1S/C21H24N4/c1-5-25(6-2)21-23-19(17-11-7-15(3)8-12-17)22-20(24-21)18-13-9-16(4)10-14-18/h7-14H,5-6H2,1-4H3. The van der Waals surface area contributed by atoms with Crippen LogP contribution >= 0.6 is 0 Å². The van der Waals surface area contributed by atoms with E-state index in [4.69, 9.17) is 15.0 Å². The summed E-state index contributed by atoms with van der Waals surface area (Å²) in [6.07, 6.45) is 0. The normalized spacial score (nSPS) is 10.7. The van der Waals surface area contributed by atoms with Crippen LogP contribution < -0.4 is 4.90 Å². The van der Waals surface area contributed by atoms with E-state index in [1.807, 2.05) is 0 Å². The minimum Gasteiger partial charge on any atom is -0.341 e. The van der Waals surface area contributed by atoms with Gasteiger partial charge in [-0.05, 0) is 27.7 Å². The highest BCUT2D eigenvalue weighted by Gasteiger charge is 2.13. The van der Waals surface area contributed by atoms with Crippen LogP contribution in [0.1, 0.15) is 25.0 Å².